The van der Waals surface area contributed by atoms with Crippen molar-refractivity contribution >= 4 is 23.2 Å². The molecule has 0 saturated carbocycles. The highest BCUT2D eigenvalue weighted by Crippen LogP contribution is 2.19. The van der Waals surface area contributed by atoms with E-state index in [1.54, 1.807) is 0 Å². The van der Waals surface area contributed by atoms with E-state index in [2.05, 4.69) is 15.5 Å². The molecule has 0 radical (unpaired) electrons. The second-order valence-corrected chi connectivity index (χ2v) is 3.82. The number of amides is 1. The van der Waals surface area contributed by atoms with Gasteiger partial charge in [0, 0.05) is 11.1 Å². The maximum Gasteiger partial charge on any atom is 0.276 e. The molecule has 0 aliphatic rings. The molecule has 2 rings (SSSR count). The van der Waals surface area contributed by atoms with E-state index in [1.807, 2.05) is 0 Å². The molecule has 2 N–H and O–H groups in total. The lowest BCUT2D eigenvalue weighted by Gasteiger charge is -2.05. The molecule has 0 fully saturated rings. The molecule has 5 nitrogen and oxygen atoms in total. The molecular formula is C11H7ClFN3O2. The van der Waals surface area contributed by atoms with Crippen molar-refractivity contribution in [3.8, 4) is 0 Å². The molecule has 2 aromatic rings. The normalized spacial score (nSPS) is 10.1. The zero-order chi connectivity index (χ0) is 13.1. The van der Waals surface area contributed by atoms with Gasteiger partial charge in [-0.3, -0.25) is 9.59 Å². The van der Waals surface area contributed by atoms with Crippen LogP contribution in [0.15, 0.2) is 35.1 Å². The third-order valence-electron chi connectivity index (χ3n) is 2.09. The summed E-state index contributed by atoms with van der Waals surface area (Å²) in [5.41, 5.74) is -0.519. The van der Waals surface area contributed by atoms with Crippen LogP contribution >= 0.6 is 11.6 Å². The molecular weight excluding hydrogens is 261 g/mol. The Kier molecular flexibility index (Phi) is 3.38. The fourth-order valence-corrected chi connectivity index (χ4v) is 1.42. The lowest BCUT2D eigenvalue weighted by atomic mass is 10.3. The highest BCUT2D eigenvalue weighted by atomic mass is 35.5. The van der Waals surface area contributed by atoms with E-state index in [1.165, 1.54) is 18.2 Å². The highest BCUT2D eigenvalue weighted by molar-refractivity contribution is 6.31. The molecule has 7 heteroatoms. The van der Waals surface area contributed by atoms with Crippen molar-refractivity contribution in [3.05, 3.63) is 57.2 Å². The average Bonchev–Trinajstić information content (AvgIpc) is 2.34. The van der Waals surface area contributed by atoms with Crippen LogP contribution in [0, 0.1) is 5.82 Å². The summed E-state index contributed by atoms with van der Waals surface area (Å²) < 4.78 is 13.4. The van der Waals surface area contributed by atoms with Crippen molar-refractivity contribution in [2.75, 3.05) is 5.32 Å². The average molecular weight is 268 g/mol. The number of nitrogens with zero attached hydrogens (tertiary/aromatic N) is 1. The number of aromatic amines is 1. The van der Waals surface area contributed by atoms with Crippen molar-refractivity contribution in [1.29, 1.82) is 0 Å². The smallest absolute Gasteiger partial charge is 0.276 e. The Morgan fingerprint density at radius 1 is 1.33 bits per heavy atom. The topological polar surface area (TPSA) is 74.8 Å². The van der Waals surface area contributed by atoms with Gasteiger partial charge in [-0.15, -0.1) is 0 Å². The van der Waals surface area contributed by atoms with Gasteiger partial charge in [0.05, 0.1) is 5.69 Å². The van der Waals surface area contributed by atoms with Crippen LogP contribution in [-0.2, 0) is 0 Å². The van der Waals surface area contributed by atoms with E-state index in [-0.39, 0.29) is 11.4 Å². The van der Waals surface area contributed by atoms with Gasteiger partial charge >= 0.3 is 0 Å². The molecule has 1 aromatic heterocycles. The Hall–Kier alpha value is -2.21. The number of carbonyl (C=O) groups is 1. The highest BCUT2D eigenvalue weighted by Gasteiger charge is 2.11. The molecule has 1 heterocycles. The standard InChI is InChI=1S/C11H7ClFN3O2/c12-6-1-2-7(13)9(5-6)14-11(18)8-3-4-10(17)16-15-8/h1-5H,(H,14,18)(H,16,17). The number of H-pyrrole nitrogens is 1. The van der Waals surface area contributed by atoms with Crippen molar-refractivity contribution in [2.24, 2.45) is 0 Å². The second-order valence-electron chi connectivity index (χ2n) is 3.38. The predicted octanol–water partition coefficient (Wildman–Crippen LogP) is 1.81. The van der Waals surface area contributed by atoms with Gasteiger partial charge in [0.15, 0.2) is 0 Å². The Morgan fingerprint density at radius 2 is 2.11 bits per heavy atom. The van der Waals surface area contributed by atoms with Gasteiger partial charge in [-0.25, -0.2) is 9.49 Å². The van der Waals surface area contributed by atoms with Crippen molar-refractivity contribution < 1.29 is 9.18 Å². The molecule has 0 saturated heterocycles. The molecule has 0 unspecified atom stereocenters. The van der Waals surface area contributed by atoms with Gasteiger partial charge in [0.25, 0.3) is 11.5 Å². The Labute approximate surface area is 106 Å². The van der Waals surface area contributed by atoms with Crippen LogP contribution in [-0.4, -0.2) is 16.1 Å². The van der Waals surface area contributed by atoms with Crippen molar-refractivity contribution in [1.82, 2.24) is 10.2 Å². The van der Waals surface area contributed by atoms with E-state index in [0.29, 0.717) is 5.02 Å². The zero-order valence-electron chi connectivity index (χ0n) is 8.91. The fraction of sp³-hybridized carbons (Fsp3) is 0. The minimum Gasteiger partial charge on any atom is -0.318 e. The molecule has 0 bridgehead atoms. The molecule has 0 aliphatic heterocycles. The Bertz CT molecular complexity index is 636. The number of benzene rings is 1. The third-order valence-corrected chi connectivity index (χ3v) is 2.32. The van der Waals surface area contributed by atoms with Crippen LogP contribution in [0.3, 0.4) is 0 Å². The maximum atomic E-state index is 13.4. The largest absolute Gasteiger partial charge is 0.318 e. The number of halogens is 2. The zero-order valence-corrected chi connectivity index (χ0v) is 9.66. The van der Waals surface area contributed by atoms with Crippen molar-refractivity contribution in [2.45, 2.75) is 0 Å². The monoisotopic (exact) mass is 267 g/mol. The molecule has 0 spiro atoms. The first-order valence-electron chi connectivity index (χ1n) is 4.88. The Balaban J connectivity index is 2.23. The molecule has 1 aromatic carbocycles. The maximum absolute atomic E-state index is 13.4. The van der Waals surface area contributed by atoms with Crippen LogP contribution in [0.2, 0.25) is 5.02 Å². The molecule has 0 aliphatic carbocycles. The van der Waals surface area contributed by atoms with Gasteiger partial charge in [0.1, 0.15) is 11.5 Å². The van der Waals surface area contributed by atoms with Gasteiger partial charge < -0.3 is 5.32 Å². The van der Waals surface area contributed by atoms with Crippen LogP contribution in [0.25, 0.3) is 0 Å². The van der Waals surface area contributed by atoms with E-state index in [9.17, 15) is 14.0 Å². The van der Waals surface area contributed by atoms with Gasteiger partial charge in [0.2, 0.25) is 0 Å². The summed E-state index contributed by atoms with van der Waals surface area (Å²) in [7, 11) is 0. The van der Waals surface area contributed by atoms with E-state index < -0.39 is 17.3 Å². The number of nitrogens with one attached hydrogen (secondary N) is 2. The SMILES string of the molecule is O=C(Nc1cc(Cl)ccc1F)c1ccc(=O)[nH]n1. The van der Waals surface area contributed by atoms with E-state index in [0.717, 1.165) is 12.1 Å². The quantitative estimate of drug-likeness (QED) is 0.871. The number of carbonyl (C=O) groups excluding carboxylic acids is 1. The molecule has 92 valence electrons. The number of hydrogen-bond donors (Lipinski definition) is 2. The number of rotatable bonds is 2. The number of anilines is 1. The summed E-state index contributed by atoms with van der Waals surface area (Å²) in [6.45, 7) is 0. The first kappa shape index (κ1) is 12.3. The lowest BCUT2D eigenvalue weighted by molar-refractivity contribution is 0.102. The Morgan fingerprint density at radius 3 is 2.78 bits per heavy atom. The molecule has 1 amide bonds. The minimum atomic E-state index is -0.646. The molecule has 0 atom stereocenters. The summed E-state index contributed by atoms with van der Waals surface area (Å²) >= 11 is 5.69. The summed E-state index contributed by atoms with van der Waals surface area (Å²) in [5, 5.41) is 8.22. The van der Waals surface area contributed by atoms with Crippen LogP contribution < -0.4 is 10.9 Å². The summed E-state index contributed by atoms with van der Waals surface area (Å²) in [5.74, 6) is -1.26. The summed E-state index contributed by atoms with van der Waals surface area (Å²) in [4.78, 5) is 22.5. The van der Waals surface area contributed by atoms with Crippen LogP contribution in [0.1, 0.15) is 10.5 Å². The van der Waals surface area contributed by atoms with Crippen LogP contribution in [0.4, 0.5) is 10.1 Å². The first-order chi connectivity index (χ1) is 8.56. The van der Waals surface area contributed by atoms with Gasteiger partial charge in [-0.05, 0) is 24.3 Å². The van der Waals surface area contributed by atoms with Crippen molar-refractivity contribution in [3.63, 3.8) is 0 Å². The molecule has 18 heavy (non-hydrogen) atoms. The van der Waals surface area contributed by atoms with E-state index in [4.69, 9.17) is 11.6 Å². The predicted molar refractivity (Wildman–Crippen MR) is 64.2 cm³/mol. The number of hydrogen-bond acceptors (Lipinski definition) is 3. The van der Waals surface area contributed by atoms with E-state index >= 15 is 0 Å². The second kappa shape index (κ2) is 4.97. The summed E-state index contributed by atoms with van der Waals surface area (Å²) in [6, 6.07) is 6.16. The summed E-state index contributed by atoms with van der Waals surface area (Å²) in [6.07, 6.45) is 0. The van der Waals surface area contributed by atoms with Gasteiger partial charge in [-0.1, -0.05) is 11.6 Å². The fourth-order valence-electron chi connectivity index (χ4n) is 1.25. The third kappa shape index (κ3) is 2.72. The number of aromatic nitrogens is 2. The first-order valence-corrected chi connectivity index (χ1v) is 5.26. The van der Waals surface area contributed by atoms with Crippen LogP contribution in [0.5, 0.6) is 0 Å². The minimum absolute atomic E-state index is 0.0334. The van der Waals surface area contributed by atoms with Gasteiger partial charge in [-0.2, -0.15) is 5.10 Å². The lowest BCUT2D eigenvalue weighted by Crippen LogP contribution is -2.18.